The molecule has 0 aliphatic rings. The van der Waals surface area contributed by atoms with Crippen LogP contribution in [0.25, 0.3) is 0 Å². The topological polar surface area (TPSA) is 30.5 Å². The summed E-state index contributed by atoms with van der Waals surface area (Å²) in [5.74, 6) is 1.59. The van der Waals surface area contributed by atoms with Crippen LogP contribution >= 0.6 is 0 Å². The number of rotatable bonds is 20. The zero-order valence-electron chi connectivity index (χ0n) is 20.0. The molecule has 0 aliphatic heterocycles. The van der Waals surface area contributed by atoms with E-state index < -0.39 is 0 Å². The molecule has 0 radical (unpaired) electrons. The van der Waals surface area contributed by atoms with E-state index in [0.29, 0.717) is 0 Å². The number of allylic oxidation sites excluding steroid dienone is 2. The Morgan fingerprint density at radius 3 is 1.87 bits per heavy atom. The van der Waals surface area contributed by atoms with Crippen molar-refractivity contribution >= 4 is 0 Å². The molecule has 0 amide bonds. The minimum absolute atomic E-state index is 0.787. The van der Waals surface area contributed by atoms with Gasteiger partial charge in [-0.15, -0.1) is 0 Å². The summed E-state index contributed by atoms with van der Waals surface area (Å²) in [5.41, 5.74) is 1.23. The standard InChI is InChI=1S/C27H47NO2/c1-4-5-6-7-8-9-10-11-12-13-14-15-16-17-18-19-22-28-24-25-20-21-26(29-2)27(23-25)30-3/h11-12,20-21,23,28H,4-10,13-19,22,24H2,1-3H3. The molecule has 3 nitrogen and oxygen atoms in total. The van der Waals surface area contributed by atoms with Gasteiger partial charge in [0.2, 0.25) is 0 Å². The third kappa shape index (κ3) is 13.7. The van der Waals surface area contributed by atoms with E-state index in [4.69, 9.17) is 9.47 Å². The zero-order valence-corrected chi connectivity index (χ0v) is 20.0. The Kier molecular flexibility index (Phi) is 17.2. The minimum atomic E-state index is 0.787. The summed E-state index contributed by atoms with van der Waals surface area (Å²) in [6.45, 7) is 4.24. The van der Waals surface area contributed by atoms with Gasteiger partial charge < -0.3 is 14.8 Å². The van der Waals surface area contributed by atoms with Gasteiger partial charge in [0.25, 0.3) is 0 Å². The molecule has 0 saturated heterocycles. The molecule has 1 aromatic rings. The molecule has 0 aliphatic carbocycles. The number of methoxy groups -OCH3 is 2. The van der Waals surface area contributed by atoms with E-state index in [1.807, 2.05) is 12.1 Å². The maximum atomic E-state index is 5.36. The highest BCUT2D eigenvalue weighted by Crippen LogP contribution is 2.27. The van der Waals surface area contributed by atoms with E-state index >= 15 is 0 Å². The van der Waals surface area contributed by atoms with Crippen molar-refractivity contribution < 1.29 is 9.47 Å². The Morgan fingerprint density at radius 1 is 0.700 bits per heavy atom. The van der Waals surface area contributed by atoms with Gasteiger partial charge in [-0.05, 0) is 56.3 Å². The third-order valence-electron chi connectivity index (χ3n) is 5.64. The van der Waals surface area contributed by atoms with Gasteiger partial charge in [-0.3, -0.25) is 0 Å². The van der Waals surface area contributed by atoms with E-state index in [1.54, 1.807) is 14.2 Å². The summed E-state index contributed by atoms with van der Waals surface area (Å²) in [6.07, 6.45) is 23.8. The van der Waals surface area contributed by atoms with Gasteiger partial charge >= 0.3 is 0 Å². The predicted octanol–water partition coefficient (Wildman–Crippen LogP) is 7.83. The summed E-state index contributed by atoms with van der Waals surface area (Å²) in [7, 11) is 3.35. The lowest BCUT2D eigenvalue weighted by Gasteiger charge is -2.10. The fourth-order valence-electron chi connectivity index (χ4n) is 3.72. The molecular weight excluding hydrogens is 370 g/mol. The van der Waals surface area contributed by atoms with Gasteiger partial charge in [0.15, 0.2) is 11.5 Å². The van der Waals surface area contributed by atoms with Crippen LogP contribution in [0, 0.1) is 0 Å². The number of nitrogens with one attached hydrogen (secondary N) is 1. The molecule has 0 unspecified atom stereocenters. The third-order valence-corrected chi connectivity index (χ3v) is 5.64. The minimum Gasteiger partial charge on any atom is -0.493 e. The lowest BCUT2D eigenvalue weighted by Crippen LogP contribution is -2.14. The molecule has 0 fully saturated rings. The maximum absolute atomic E-state index is 5.36. The van der Waals surface area contributed by atoms with Crippen LogP contribution in [-0.4, -0.2) is 20.8 Å². The van der Waals surface area contributed by atoms with E-state index in [0.717, 1.165) is 24.6 Å². The van der Waals surface area contributed by atoms with Crippen molar-refractivity contribution in [1.82, 2.24) is 5.32 Å². The SMILES string of the molecule is CCCCCCCCC=CCCCCCCCCNCc1ccc(OC)c(OC)c1. The van der Waals surface area contributed by atoms with Crippen LogP contribution in [0.5, 0.6) is 11.5 Å². The van der Waals surface area contributed by atoms with E-state index in [9.17, 15) is 0 Å². The highest BCUT2D eigenvalue weighted by atomic mass is 16.5. The first-order valence-corrected chi connectivity index (χ1v) is 12.4. The van der Waals surface area contributed by atoms with Gasteiger partial charge in [-0.25, -0.2) is 0 Å². The van der Waals surface area contributed by atoms with Crippen molar-refractivity contribution in [3.05, 3.63) is 35.9 Å². The van der Waals surface area contributed by atoms with Crippen molar-refractivity contribution in [2.45, 2.75) is 103 Å². The maximum Gasteiger partial charge on any atom is 0.161 e. The zero-order chi connectivity index (χ0) is 21.7. The van der Waals surface area contributed by atoms with Gasteiger partial charge in [0, 0.05) is 6.54 Å². The number of hydrogen-bond acceptors (Lipinski definition) is 3. The molecular formula is C27H47NO2. The Bertz CT molecular complexity index is 542. The first kappa shape index (κ1) is 26.6. The molecule has 0 atom stereocenters. The smallest absolute Gasteiger partial charge is 0.161 e. The van der Waals surface area contributed by atoms with Crippen molar-refractivity contribution in [2.24, 2.45) is 0 Å². The molecule has 1 rings (SSSR count). The van der Waals surface area contributed by atoms with Crippen LogP contribution in [0.2, 0.25) is 0 Å². The number of benzene rings is 1. The van der Waals surface area contributed by atoms with Crippen LogP contribution < -0.4 is 14.8 Å². The average molecular weight is 418 g/mol. The van der Waals surface area contributed by atoms with Crippen molar-refractivity contribution in [3.63, 3.8) is 0 Å². The summed E-state index contributed by atoms with van der Waals surface area (Å²) < 4.78 is 10.6. The molecule has 172 valence electrons. The van der Waals surface area contributed by atoms with Gasteiger partial charge in [-0.2, -0.15) is 0 Å². The fraction of sp³-hybridized carbons (Fsp3) is 0.704. The predicted molar refractivity (Wildman–Crippen MR) is 131 cm³/mol. The van der Waals surface area contributed by atoms with Gasteiger partial charge in [-0.1, -0.05) is 82.9 Å². The van der Waals surface area contributed by atoms with Crippen LogP contribution in [0.4, 0.5) is 0 Å². The molecule has 3 heteroatoms. The largest absolute Gasteiger partial charge is 0.493 e. The molecule has 0 aromatic heterocycles. The normalized spacial score (nSPS) is 11.3. The lowest BCUT2D eigenvalue weighted by atomic mass is 10.1. The quantitative estimate of drug-likeness (QED) is 0.173. The Morgan fingerprint density at radius 2 is 1.27 bits per heavy atom. The monoisotopic (exact) mass is 417 g/mol. The van der Waals surface area contributed by atoms with Crippen molar-refractivity contribution in [3.8, 4) is 11.5 Å². The van der Waals surface area contributed by atoms with Gasteiger partial charge in [0.1, 0.15) is 0 Å². The molecule has 30 heavy (non-hydrogen) atoms. The fourth-order valence-corrected chi connectivity index (χ4v) is 3.72. The van der Waals surface area contributed by atoms with Crippen molar-refractivity contribution in [2.75, 3.05) is 20.8 Å². The molecule has 1 aromatic carbocycles. The summed E-state index contributed by atoms with van der Waals surface area (Å²) in [6, 6.07) is 6.12. The summed E-state index contributed by atoms with van der Waals surface area (Å²) >= 11 is 0. The van der Waals surface area contributed by atoms with Gasteiger partial charge in [0.05, 0.1) is 14.2 Å². The van der Waals surface area contributed by atoms with Crippen LogP contribution in [0.3, 0.4) is 0 Å². The van der Waals surface area contributed by atoms with Crippen LogP contribution in [0.1, 0.15) is 102 Å². The Labute approximate surface area is 186 Å². The highest BCUT2D eigenvalue weighted by molar-refractivity contribution is 5.42. The van der Waals surface area contributed by atoms with E-state index in [-0.39, 0.29) is 0 Å². The highest BCUT2D eigenvalue weighted by Gasteiger charge is 2.04. The first-order chi connectivity index (χ1) is 14.8. The van der Waals surface area contributed by atoms with E-state index in [2.05, 4.69) is 30.5 Å². The number of hydrogen-bond donors (Lipinski definition) is 1. The number of unbranched alkanes of at least 4 members (excludes halogenated alkanes) is 12. The second kappa shape index (κ2) is 19.5. The Balaban J connectivity index is 1.87. The van der Waals surface area contributed by atoms with Crippen LogP contribution in [0.15, 0.2) is 30.4 Å². The molecule has 1 N–H and O–H groups in total. The average Bonchev–Trinajstić information content (AvgIpc) is 2.78. The van der Waals surface area contributed by atoms with Crippen molar-refractivity contribution in [1.29, 1.82) is 0 Å². The lowest BCUT2D eigenvalue weighted by molar-refractivity contribution is 0.354. The van der Waals surface area contributed by atoms with Crippen LogP contribution in [-0.2, 0) is 6.54 Å². The molecule has 0 heterocycles. The summed E-state index contributed by atoms with van der Waals surface area (Å²) in [4.78, 5) is 0. The molecule has 0 bridgehead atoms. The first-order valence-electron chi connectivity index (χ1n) is 12.4. The summed E-state index contributed by atoms with van der Waals surface area (Å²) in [5, 5.41) is 3.53. The molecule has 0 saturated carbocycles. The second-order valence-corrected chi connectivity index (χ2v) is 8.30. The number of ether oxygens (including phenoxy) is 2. The second-order valence-electron chi connectivity index (χ2n) is 8.30. The Hall–Kier alpha value is -1.48. The molecule has 0 spiro atoms. The van der Waals surface area contributed by atoms with E-state index in [1.165, 1.54) is 95.5 Å².